The first-order chi connectivity index (χ1) is 8.76. The maximum Gasteiger partial charge on any atom is 0.251 e. The SMILES string of the molecule is CCC(CC)CNC(=O)c1cccc2[nH]ccc12. The van der Waals surface area contributed by atoms with Gasteiger partial charge in [-0.05, 0) is 24.1 Å². The largest absolute Gasteiger partial charge is 0.361 e. The predicted molar refractivity (Wildman–Crippen MR) is 74.7 cm³/mol. The van der Waals surface area contributed by atoms with Gasteiger partial charge in [0.25, 0.3) is 5.91 Å². The Hall–Kier alpha value is -1.77. The zero-order valence-electron chi connectivity index (χ0n) is 11.0. The van der Waals surface area contributed by atoms with Crippen LogP contribution >= 0.6 is 0 Å². The number of nitrogens with one attached hydrogen (secondary N) is 2. The molecule has 2 aromatic rings. The monoisotopic (exact) mass is 244 g/mol. The second-order valence-electron chi connectivity index (χ2n) is 4.64. The summed E-state index contributed by atoms with van der Waals surface area (Å²) in [5.41, 5.74) is 1.75. The summed E-state index contributed by atoms with van der Waals surface area (Å²) < 4.78 is 0. The van der Waals surface area contributed by atoms with Crippen LogP contribution in [0.5, 0.6) is 0 Å². The molecule has 96 valence electrons. The third kappa shape index (κ3) is 2.55. The molecule has 0 radical (unpaired) electrons. The Morgan fingerprint density at radius 1 is 1.28 bits per heavy atom. The zero-order valence-corrected chi connectivity index (χ0v) is 11.0. The lowest BCUT2D eigenvalue weighted by atomic mass is 10.0. The van der Waals surface area contributed by atoms with Crippen molar-refractivity contribution in [2.45, 2.75) is 26.7 Å². The number of benzene rings is 1. The highest BCUT2D eigenvalue weighted by Gasteiger charge is 2.11. The normalized spacial score (nSPS) is 11.1. The first kappa shape index (κ1) is 12.7. The fraction of sp³-hybridized carbons (Fsp3) is 0.400. The van der Waals surface area contributed by atoms with Crippen molar-refractivity contribution in [1.82, 2.24) is 10.3 Å². The Morgan fingerprint density at radius 2 is 2.06 bits per heavy atom. The van der Waals surface area contributed by atoms with Crippen LogP contribution in [-0.2, 0) is 0 Å². The third-order valence-electron chi connectivity index (χ3n) is 3.55. The Bertz CT molecular complexity index is 526. The van der Waals surface area contributed by atoms with Gasteiger partial charge in [-0.3, -0.25) is 4.79 Å². The molecule has 0 unspecified atom stereocenters. The maximum absolute atomic E-state index is 12.2. The summed E-state index contributed by atoms with van der Waals surface area (Å²) in [5.74, 6) is 0.589. The van der Waals surface area contributed by atoms with Gasteiger partial charge < -0.3 is 10.3 Å². The van der Waals surface area contributed by atoms with Crippen molar-refractivity contribution in [1.29, 1.82) is 0 Å². The lowest BCUT2D eigenvalue weighted by Gasteiger charge is -2.13. The highest BCUT2D eigenvalue weighted by Crippen LogP contribution is 2.17. The van der Waals surface area contributed by atoms with Gasteiger partial charge in [0.05, 0.1) is 0 Å². The number of rotatable bonds is 5. The zero-order chi connectivity index (χ0) is 13.0. The summed E-state index contributed by atoms with van der Waals surface area (Å²) >= 11 is 0. The molecule has 0 saturated heterocycles. The van der Waals surface area contributed by atoms with E-state index < -0.39 is 0 Å². The fourth-order valence-electron chi connectivity index (χ4n) is 2.19. The summed E-state index contributed by atoms with van der Waals surface area (Å²) in [5, 5.41) is 4.02. The van der Waals surface area contributed by atoms with E-state index in [4.69, 9.17) is 0 Å². The van der Waals surface area contributed by atoms with Gasteiger partial charge in [-0.1, -0.05) is 32.8 Å². The Morgan fingerprint density at radius 3 is 2.78 bits per heavy atom. The highest BCUT2D eigenvalue weighted by molar-refractivity contribution is 6.06. The number of carbonyl (C=O) groups excluding carboxylic acids is 1. The average molecular weight is 244 g/mol. The van der Waals surface area contributed by atoms with E-state index in [0.29, 0.717) is 5.92 Å². The first-order valence-corrected chi connectivity index (χ1v) is 6.60. The van der Waals surface area contributed by atoms with Gasteiger partial charge >= 0.3 is 0 Å². The molecular formula is C15H20N2O. The molecule has 0 spiro atoms. The van der Waals surface area contributed by atoms with Crippen molar-refractivity contribution < 1.29 is 4.79 Å². The molecule has 3 nitrogen and oxygen atoms in total. The molecule has 1 aromatic heterocycles. The number of aromatic nitrogens is 1. The number of amides is 1. The Kier molecular flexibility index (Phi) is 4.03. The van der Waals surface area contributed by atoms with E-state index in [1.165, 1.54) is 0 Å². The summed E-state index contributed by atoms with van der Waals surface area (Å²) in [7, 11) is 0. The number of fused-ring (bicyclic) bond motifs is 1. The Balaban J connectivity index is 2.11. The van der Waals surface area contributed by atoms with Crippen LogP contribution in [-0.4, -0.2) is 17.4 Å². The molecule has 0 aliphatic heterocycles. The summed E-state index contributed by atoms with van der Waals surface area (Å²) in [4.78, 5) is 15.3. The molecule has 0 aliphatic carbocycles. The molecule has 2 N–H and O–H groups in total. The number of carbonyl (C=O) groups is 1. The van der Waals surface area contributed by atoms with Gasteiger partial charge in [0.2, 0.25) is 0 Å². The van der Waals surface area contributed by atoms with Crippen LogP contribution in [0.15, 0.2) is 30.5 Å². The van der Waals surface area contributed by atoms with Crippen LogP contribution in [0.1, 0.15) is 37.0 Å². The molecule has 0 bridgehead atoms. The summed E-state index contributed by atoms with van der Waals surface area (Å²) in [6.07, 6.45) is 4.07. The van der Waals surface area contributed by atoms with Crippen LogP contribution < -0.4 is 5.32 Å². The van der Waals surface area contributed by atoms with Gasteiger partial charge in [0.1, 0.15) is 0 Å². The van der Waals surface area contributed by atoms with E-state index in [1.807, 2.05) is 30.5 Å². The summed E-state index contributed by atoms with van der Waals surface area (Å²) in [6, 6.07) is 7.71. The van der Waals surface area contributed by atoms with Gasteiger partial charge in [-0.25, -0.2) is 0 Å². The molecule has 3 heteroatoms. The van der Waals surface area contributed by atoms with E-state index in [2.05, 4.69) is 24.1 Å². The predicted octanol–water partition coefficient (Wildman–Crippen LogP) is 3.33. The molecule has 2 rings (SSSR count). The van der Waals surface area contributed by atoms with Crippen LogP contribution in [0.4, 0.5) is 0 Å². The van der Waals surface area contributed by atoms with Crippen LogP contribution in [0.2, 0.25) is 0 Å². The van der Waals surface area contributed by atoms with Gasteiger partial charge in [0.15, 0.2) is 0 Å². The van der Waals surface area contributed by atoms with Gasteiger partial charge in [-0.2, -0.15) is 0 Å². The first-order valence-electron chi connectivity index (χ1n) is 6.60. The van der Waals surface area contributed by atoms with Crippen molar-refractivity contribution in [3.8, 4) is 0 Å². The van der Waals surface area contributed by atoms with E-state index >= 15 is 0 Å². The van der Waals surface area contributed by atoms with Crippen molar-refractivity contribution in [2.75, 3.05) is 6.54 Å². The van der Waals surface area contributed by atoms with E-state index in [0.717, 1.165) is 35.9 Å². The molecule has 1 amide bonds. The number of H-pyrrole nitrogens is 1. The maximum atomic E-state index is 12.2. The number of aromatic amines is 1. The standard InChI is InChI=1S/C15H20N2O/c1-3-11(4-2)10-17-15(18)13-6-5-7-14-12(13)8-9-16-14/h5-9,11,16H,3-4,10H2,1-2H3,(H,17,18). The smallest absolute Gasteiger partial charge is 0.251 e. The lowest BCUT2D eigenvalue weighted by molar-refractivity contribution is 0.0948. The van der Waals surface area contributed by atoms with Crippen molar-refractivity contribution in [3.63, 3.8) is 0 Å². The van der Waals surface area contributed by atoms with E-state index in [1.54, 1.807) is 0 Å². The van der Waals surface area contributed by atoms with E-state index in [-0.39, 0.29) is 5.91 Å². The molecule has 0 saturated carbocycles. The van der Waals surface area contributed by atoms with Crippen LogP contribution in [0.25, 0.3) is 10.9 Å². The minimum absolute atomic E-state index is 0.0205. The molecular weight excluding hydrogens is 224 g/mol. The molecule has 1 heterocycles. The van der Waals surface area contributed by atoms with Crippen molar-refractivity contribution in [2.24, 2.45) is 5.92 Å². The second kappa shape index (κ2) is 5.71. The quantitative estimate of drug-likeness (QED) is 0.832. The number of hydrogen-bond donors (Lipinski definition) is 2. The highest BCUT2D eigenvalue weighted by atomic mass is 16.1. The Labute approximate surface area is 108 Å². The molecule has 18 heavy (non-hydrogen) atoms. The van der Waals surface area contributed by atoms with Crippen LogP contribution in [0, 0.1) is 5.92 Å². The van der Waals surface area contributed by atoms with Crippen molar-refractivity contribution >= 4 is 16.8 Å². The van der Waals surface area contributed by atoms with E-state index in [9.17, 15) is 4.79 Å². The molecule has 1 aromatic carbocycles. The summed E-state index contributed by atoms with van der Waals surface area (Å²) in [6.45, 7) is 5.08. The van der Waals surface area contributed by atoms with Gasteiger partial charge in [0, 0.05) is 29.2 Å². The molecule has 0 aliphatic rings. The third-order valence-corrected chi connectivity index (χ3v) is 3.55. The average Bonchev–Trinajstić information content (AvgIpc) is 2.87. The fourth-order valence-corrected chi connectivity index (χ4v) is 2.19. The second-order valence-corrected chi connectivity index (χ2v) is 4.64. The van der Waals surface area contributed by atoms with Crippen LogP contribution in [0.3, 0.4) is 0 Å². The minimum Gasteiger partial charge on any atom is -0.361 e. The lowest BCUT2D eigenvalue weighted by Crippen LogP contribution is -2.28. The minimum atomic E-state index is 0.0205. The molecule has 0 fully saturated rings. The number of hydrogen-bond acceptors (Lipinski definition) is 1. The molecule has 0 atom stereocenters. The van der Waals surface area contributed by atoms with Gasteiger partial charge in [-0.15, -0.1) is 0 Å². The topological polar surface area (TPSA) is 44.9 Å². The van der Waals surface area contributed by atoms with Crippen molar-refractivity contribution in [3.05, 3.63) is 36.0 Å².